The van der Waals surface area contributed by atoms with Crippen molar-refractivity contribution in [3.63, 3.8) is 0 Å². The van der Waals surface area contributed by atoms with Crippen LogP contribution < -0.4 is 4.74 Å². The summed E-state index contributed by atoms with van der Waals surface area (Å²) in [5.74, 6) is -2.33. The lowest BCUT2D eigenvalue weighted by Gasteiger charge is -2.07. The van der Waals surface area contributed by atoms with Gasteiger partial charge in [-0.2, -0.15) is 0 Å². The van der Waals surface area contributed by atoms with Gasteiger partial charge in [0.05, 0.1) is 7.11 Å². The van der Waals surface area contributed by atoms with E-state index >= 15 is 0 Å². The summed E-state index contributed by atoms with van der Waals surface area (Å²) in [4.78, 5) is 10.8. The van der Waals surface area contributed by atoms with E-state index in [9.17, 15) is 14.3 Å². The number of halogens is 1. The lowest BCUT2D eigenvalue weighted by atomic mass is 10.0. The molecule has 0 atom stereocenters. The fourth-order valence-electron chi connectivity index (χ4n) is 1.63. The molecule has 88 valence electrons. The van der Waals surface area contributed by atoms with Gasteiger partial charge in [0.1, 0.15) is 11.3 Å². The van der Waals surface area contributed by atoms with Crippen molar-refractivity contribution >= 4 is 16.7 Å². The number of phenols is 1. The number of hydrogen-bond acceptors (Lipinski definition) is 3. The highest BCUT2D eigenvalue weighted by Gasteiger charge is 2.15. The van der Waals surface area contributed by atoms with Crippen molar-refractivity contribution in [2.45, 2.75) is 0 Å². The molecule has 2 aromatic rings. The topological polar surface area (TPSA) is 66.8 Å². The molecule has 0 amide bonds. The molecule has 17 heavy (non-hydrogen) atoms. The Morgan fingerprint density at radius 3 is 2.65 bits per heavy atom. The van der Waals surface area contributed by atoms with Crippen LogP contribution in [0.3, 0.4) is 0 Å². The van der Waals surface area contributed by atoms with Gasteiger partial charge in [0.2, 0.25) is 0 Å². The molecule has 0 radical (unpaired) electrons. The van der Waals surface area contributed by atoms with E-state index in [4.69, 9.17) is 9.84 Å². The molecule has 2 N–H and O–H groups in total. The molecular formula is C12H9FO4. The molecule has 2 rings (SSSR count). The highest BCUT2D eigenvalue weighted by atomic mass is 19.1. The van der Waals surface area contributed by atoms with Crippen LogP contribution in [-0.2, 0) is 0 Å². The zero-order chi connectivity index (χ0) is 12.6. The average Bonchev–Trinajstić information content (AvgIpc) is 2.28. The summed E-state index contributed by atoms with van der Waals surface area (Å²) in [6.07, 6.45) is 0. The molecule has 0 aliphatic rings. The first-order chi connectivity index (χ1) is 8.04. The molecule has 0 fully saturated rings. The van der Waals surface area contributed by atoms with Crippen molar-refractivity contribution in [2.24, 2.45) is 0 Å². The van der Waals surface area contributed by atoms with Crippen molar-refractivity contribution in [2.75, 3.05) is 7.11 Å². The molecule has 0 aromatic heterocycles. The Kier molecular flexibility index (Phi) is 2.59. The second kappa shape index (κ2) is 3.93. The highest BCUT2D eigenvalue weighted by Crippen LogP contribution is 2.31. The summed E-state index contributed by atoms with van der Waals surface area (Å²) in [5.41, 5.74) is -0.343. The molecule has 5 heteroatoms. The van der Waals surface area contributed by atoms with Gasteiger partial charge in [-0.15, -0.1) is 0 Å². The van der Waals surface area contributed by atoms with Gasteiger partial charge in [0, 0.05) is 5.39 Å². The number of benzene rings is 2. The zero-order valence-electron chi connectivity index (χ0n) is 8.90. The quantitative estimate of drug-likeness (QED) is 0.840. The number of fused-ring (bicyclic) bond motifs is 1. The smallest absolute Gasteiger partial charge is 0.339 e. The molecule has 0 heterocycles. The van der Waals surface area contributed by atoms with Gasteiger partial charge in [0.15, 0.2) is 11.6 Å². The van der Waals surface area contributed by atoms with Crippen LogP contribution in [0.15, 0.2) is 24.3 Å². The molecule has 0 saturated heterocycles. The first-order valence-corrected chi connectivity index (χ1v) is 4.77. The summed E-state index contributed by atoms with van der Waals surface area (Å²) < 4.78 is 18.6. The van der Waals surface area contributed by atoms with Gasteiger partial charge in [-0.3, -0.25) is 0 Å². The second-order valence-corrected chi connectivity index (χ2v) is 3.48. The van der Waals surface area contributed by atoms with Gasteiger partial charge < -0.3 is 14.9 Å². The van der Waals surface area contributed by atoms with E-state index in [2.05, 4.69) is 0 Å². The number of ether oxygens (including phenoxy) is 1. The van der Waals surface area contributed by atoms with Crippen molar-refractivity contribution in [3.05, 3.63) is 35.6 Å². The normalized spacial score (nSPS) is 10.5. The summed E-state index contributed by atoms with van der Waals surface area (Å²) in [6.45, 7) is 0. The van der Waals surface area contributed by atoms with Gasteiger partial charge in [-0.05, 0) is 23.6 Å². The maximum Gasteiger partial charge on any atom is 0.339 e. The van der Waals surface area contributed by atoms with Crippen LogP contribution in [0.25, 0.3) is 10.8 Å². The SMILES string of the molecule is COc1ccc2cc(O)c(C(=O)O)cc2c1F. The standard InChI is InChI=1S/C12H9FO4/c1-17-10-3-2-6-4-9(14)8(12(15)16)5-7(6)11(10)13/h2-5,14H,1H3,(H,15,16). The number of carboxylic acids is 1. The Hall–Kier alpha value is -2.30. The molecule has 0 saturated carbocycles. The lowest BCUT2D eigenvalue weighted by molar-refractivity contribution is 0.0694. The maximum atomic E-state index is 13.8. The first-order valence-electron chi connectivity index (χ1n) is 4.77. The molecule has 0 aliphatic carbocycles. The molecule has 4 nitrogen and oxygen atoms in total. The van der Waals surface area contributed by atoms with Crippen LogP contribution >= 0.6 is 0 Å². The third-order valence-electron chi connectivity index (χ3n) is 2.49. The fourth-order valence-corrected chi connectivity index (χ4v) is 1.63. The van der Waals surface area contributed by atoms with Crippen LogP contribution in [0.2, 0.25) is 0 Å². The summed E-state index contributed by atoms with van der Waals surface area (Å²) >= 11 is 0. The highest BCUT2D eigenvalue weighted by molar-refractivity contribution is 5.98. The Morgan fingerprint density at radius 2 is 2.06 bits per heavy atom. The minimum Gasteiger partial charge on any atom is -0.507 e. The fraction of sp³-hybridized carbons (Fsp3) is 0.0833. The summed E-state index contributed by atoms with van der Waals surface area (Å²) in [5, 5.41) is 18.8. The van der Waals surface area contributed by atoms with Crippen LogP contribution in [0, 0.1) is 5.82 Å². The van der Waals surface area contributed by atoms with E-state index in [1.807, 2.05) is 0 Å². The van der Waals surface area contributed by atoms with Crippen molar-refractivity contribution in [3.8, 4) is 11.5 Å². The lowest BCUT2D eigenvalue weighted by Crippen LogP contribution is -1.98. The monoisotopic (exact) mass is 236 g/mol. The third-order valence-corrected chi connectivity index (χ3v) is 2.49. The van der Waals surface area contributed by atoms with Crippen LogP contribution in [0.5, 0.6) is 11.5 Å². The molecule has 0 spiro atoms. The van der Waals surface area contributed by atoms with E-state index < -0.39 is 17.5 Å². The van der Waals surface area contributed by atoms with Crippen molar-refractivity contribution in [1.29, 1.82) is 0 Å². The van der Waals surface area contributed by atoms with E-state index in [0.717, 1.165) is 6.07 Å². The van der Waals surface area contributed by atoms with E-state index in [-0.39, 0.29) is 16.7 Å². The number of rotatable bonds is 2. The maximum absolute atomic E-state index is 13.8. The number of aromatic hydroxyl groups is 1. The number of methoxy groups -OCH3 is 1. The third kappa shape index (κ3) is 1.75. The molecule has 0 aliphatic heterocycles. The molecule has 2 aromatic carbocycles. The van der Waals surface area contributed by atoms with E-state index in [1.54, 1.807) is 6.07 Å². The Morgan fingerprint density at radius 1 is 1.35 bits per heavy atom. The zero-order valence-corrected chi connectivity index (χ0v) is 8.90. The number of aromatic carboxylic acids is 1. The van der Waals surface area contributed by atoms with Gasteiger partial charge >= 0.3 is 5.97 Å². The largest absolute Gasteiger partial charge is 0.507 e. The van der Waals surface area contributed by atoms with Crippen LogP contribution in [0.1, 0.15) is 10.4 Å². The predicted molar refractivity (Wildman–Crippen MR) is 59.1 cm³/mol. The molecular weight excluding hydrogens is 227 g/mol. The van der Waals surface area contributed by atoms with Gasteiger partial charge in [-0.1, -0.05) is 6.07 Å². The molecule has 0 bridgehead atoms. The van der Waals surface area contributed by atoms with E-state index in [0.29, 0.717) is 5.39 Å². The Bertz CT molecular complexity index is 607. The number of hydrogen-bond donors (Lipinski definition) is 2. The predicted octanol–water partition coefficient (Wildman–Crippen LogP) is 2.39. The summed E-state index contributed by atoms with van der Waals surface area (Å²) in [6, 6.07) is 5.26. The minimum absolute atomic E-state index is 0.0273. The Labute approximate surface area is 95.9 Å². The van der Waals surface area contributed by atoms with Crippen molar-refractivity contribution in [1.82, 2.24) is 0 Å². The van der Waals surface area contributed by atoms with Gasteiger partial charge in [-0.25, -0.2) is 9.18 Å². The summed E-state index contributed by atoms with van der Waals surface area (Å²) in [7, 11) is 1.32. The molecule has 0 unspecified atom stereocenters. The van der Waals surface area contributed by atoms with Crippen LogP contribution in [-0.4, -0.2) is 23.3 Å². The average molecular weight is 236 g/mol. The van der Waals surface area contributed by atoms with Gasteiger partial charge in [0.25, 0.3) is 0 Å². The Balaban J connectivity index is 2.81. The number of carbonyl (C=O) groups is 1. The van der Waals surface area contributed by atoms with E-state index in [1.165, 1.54) is 19.2 Å². The van der Waals surface area contributed by atoms with Crippen molar-refractivity contribution < 1.29 is 24.1 Å². The second-order valence-electron chi connectivity index (χ2n) is 3.48. The minimum atomic E-state index is -1.31. The van der Waals surface area contributed by atoms with Crippen LogP contribution in [0.4, 0.5) is 4.39 Å². The first kappa shape index (κ1) is 11.2. The number of carboxylic acid groups (broad SMARTS) is 1.